The Balaban J connectivity index is 1.96. The quantitative estimate of drug-likeness (QED) is 0.919. The number of hydrogen-bond acceptors (Lipinski definition) is 4. The third-order valence-corrected chi connectivity index (χ3v) is 3.11. The maximum Gasteiger partial charge on any atom is 0.262 e. The fourth-order valence-corrected chi connectivity index (χ4v) is 1.98. The zero-order valence-electron chi connectivity index (χ0n) is 11.8. The predicted octanol–water partition coefficient (Wildman–Crippen LogP) is 3.24. The van der Waals surface area contributed by atoms with Gasteiger partial charge in [0.1, 0.15) is 6.07 Å². The number of methoxy groups -OCH3 is 1. The molecule has 5 nitrogen and oxygen atoms in total. The van der Waals surface area contributed by atoms with Crippen LogP contribution in [0.3, 0.4) is 0 Å². The van der Waals surface area contributed by atoms with Gasteiger partial charge < -0.3 is 14.8 Å². The Bertz CT molecular complexity index is 726. The standard InChI is InChI=1S/C16H13ClN2O3/c1-21-14-4-2-3-5-15(14)22-10-16(20)19-12-7-6-11(9-18)13(17)8-12/h2-8H,10H2,1H3,(H,19,20). The Morgan fingerprint density at radius 1 is 1.27 bits per heavy atom. The highest BCUT2D eigenvalue weighted by Crippen LogP contribution is 2.25. The number of amides is 1. The van der Waals surface area contributed by atoms with Crippen molar-refractivity contribution >= 4 is 23.2 Å². The average Bonchev–Trinajstić information content (AvgIpc) is 2.53. The van der Waals surface area contributed by atoms with Gasteiger partial charge in [-0.3, -0.25) is 4.79 Å². The van der Waals surface area contributed by atoms with Gasteiger partial charge in [0.05, 0.1) is 17.7 Å². The molecule has 0 unspecified atom stereocenters. The number of anilines is 1. The summed E-state index contributed by atoms with van der Waals surface area (Å²) in [5.41, 5.74) is 0.850. The molecule has 0 aromatic heterocycles. The minimum absolute atomic E-state index is 0.169. The summed E-state index contributed by atoms with van der Waals surface area (Å²) in [5, 5.41) is 11.7. The molecule has 0 saturated heterocycles. The maximum absolute atomic E-state index is 11.9. The molecule has 0 aliphatic carbocycles. The number of benzene rings is 2. The smallest absolute Gasteiger partial charge is 0.262 e. The van der Waals surface area contributed by atoms with Crippen molar-refractivity contribution in [2.75, 3.05) is 19.0 Å². The summed E-state index contributed by atoms with van der Waals surface area (Å²) in [6.45, 7) is -0.169. The Labute approximate surface area is 133 Å². The second-order valence-corrected chi connectivity index (χ2v) is 4.70. The second-order valence-electron chi connectivity index (χ2n) is 4.29. The van der Waals surface area contributed by atoms with Gasteiger partial charge in [0.25, 0.3) is 5.91 Å². The fraction of sp³-hybridized carbons (Fsp3) is 0.125. The highest BCUT2D eigenvalue weighted by molar-refractivity contribution is 6.32. The summed E-state index contributed by atoms with van der Waals surface area (Å²) in [6.07, 6.45) is 0. The van der Waals surface area contributed by atoms with Gasteiger partial charge in [0.2, 0.25) is 0 Å². The van der Waals surface area contributed by atoms with Crippen LogP contribution in [0.2, 0.25) is 5.02 Å². The molecule has 0 fully saturated rings. The molecule has 0 atom stereocenters. The number of hydrogen-bond donors (Lipinski definition) is 1. The molecule has 2 aromatic carbocycles. The van der Waals surface area contributed by atoms with Crippen LogP contribution in [0.1, 0.15) is 5.56 Å². The molecule has 0 saturated carbocycles. The van der Waals surface area contributed by atoms with Crippen molar-refractivity contribution in [2.45, 2.75) is 0 Å². The summed E-state index contributed by atoms with van der Waals surface area (Å²) in [5.74, 6) is 0.696. The van der Waals surface area contributed by atoms with Crippen LogP contribution < -0.4 is 14.8 Å². The lowest BCUT2D eigenvalue weighted by atomic mass is 10.2. The van der Waals surface area contributed by atoms with Gasteiger partial charge in [0, 0.05) is 5.69 Å². The van der Waals surface area contributed by atoms with E-state index in [0.717, 1.165) is 0 Å². The van der Waals surface area contributed by atoms with Crippen molar-refractivity contribution in [3.63, 3.8) is 0 Å². The minimum atomic E-state index is -0.341. The van der Waals surface area contributed by atoms with E-state index in [4.69, 9.17) is 26.3 Å². The van der Waals surface area contributed by atoms with Gasteiger partial charge in [-0.2, -0.15) is 5.26 Å². The molecule has 0 bridgehead atoms. The molecule has 0 aliphatic rings. The van der Waals surface area contributed by atoms with E-state index in [1.165, 1.54) is 13.2 Å². The first-order chi connectivity index (χ1) is 10.6. The summed E-state index contributed by atoms with van der Waals surface area (Å²) in [4.78, 5) is 11.9. The molecule has 2 rings (SSSR count). The summed E-state index contributed by atoms with van der Waals surface area (Å²) < 4.78 is 10.5. The number of para-hydroxylation sites is 2. The van der Waals surface area contributed by atoms with E-state index in [9.17, 15) is 4.79 Å². The van der Waals surface area contributed by atoms with E-state index >= 15 is 0 Å². The topological polar surface area (TPSA) is 71.3 Å². The zero-order valence-corrected chi connectivity index (χ0v) is 12.6. The fourth-order valence-electron chi connectivity index (χ4n) is 1.76. The first kappa shape index (κ1) is 15.7. The number of halogens is 1. The highest BCUT2D eigenvalue weighted by Gasteiger charge is 2.08. The zero-order chi connectivity index (χ0) is 15.9. The van der Waals surface area contributed by atoms with Crippen molar-refractivity contribution in [3.8, 4) is 17.6 Å². The molecular formula is C16H13ClN2O3. The van der Waals surface area contributed by atoms with E-state index < -0.39 is 0 Å². The van der Waals surface area contributed by atoms with E-state index in [-0.39, 0.29) is 17.5 Å². The Hall–Kier alpha value is -2.71. The van der Waals surface area contributed by atoms with Crippen molar-refractivity contribution in [1.82, 2.24) is 0 Å². The number of ether oxygens (including phenoxy) is 2. The molecule has 0 heterocycles. The van der Waals surface area contributed by atoms with Crippen molar-refractivity contribution in [2.24, 2.45) is 0 Å². The van der Waals surface area contributed by atoms with Gasteiger partial charge in [-0.05, 0) is 30.3 Å². The van der Waals surface area contributed by atoms with Gasteiger partial charge >= 0.3 is 0 Å². The van der Waals surface area contributed by atoms with Crippen LogP contribution in [-0.4, -0.2) is 19.6 Å². The van der Waals surface area contributed by atoms with Crippen LogP contribution in [0.5, 0.6) is 11.5 Å². The predicted molar refractivity (Wildman–Crippen MR) is 83.3 cm³/mol. The SMILES string of the molecule is COc1ccccc1OCC(=O)Nc1ccc(C#N)c(Cl)c1. The molecule has 0 aliphatic heterocycles. The molecule has 6 heteroatoms. The van der Waals surface area contributed by atoms with Crippen LogP contribution in [0, 0.1) is 11.3 Å². The van der Waals surface area contributed by atoms with E-state index in [0.29, 0.717) is 22.7 Å². The second kappa shape index (κ2) is 7.34. The summed E-state index contributed by atoms with van der Waals surface area (Å²) in [7, 11) is 1.53. The number of carbonyl (C=O) groups is 1. The number of rotatable bonds is 5. The minimum Gasteiger partial charge on any atom is -0.493 e. The van der Waals surface area contributed by atoms with Crippen LogP contribution in [0.25, 0.3) is 0 Å². The number of nitriles is 1. The van der Waals surface area contributed by atoms with Crippen molar-refractivity contribution in [1.29, 1.82) is 5.26 Å². The van der Waals surface area contributed by atoms with Crippen LogP contribution >= 0.6 is 11.6 Å². The van der Waals surface area contributed by atoms with Gasteiger partial charge in [-0.1, -0.05) is 23.7 Å². The van der Waals surface area contributed by atoms with Gasteiger partial charge in [-0.25, -0.2) is 0 Å². The van der Waals surface area contributed by atoms with Crippen LogP contribution in [0.15, 0.2) is 42.5 Å². The first-order valence-electron chi connectivity index (χ1n) is 6.39. The normalized spacial score (nSPS) is 9.68. The molecule has 2 aromatic rings. The number of nitrogens with one attached hydrogen (secondary N) is 1. The third kappa shape index (κ3) is 3.90. The molecule has 112 valence electrons. The number of carbonyl (C=O) groups excluding carboxylic acids is 1. The molecule has 0 radical (unpaired) electrons. The monoisotopic (exact) mass is 316 g/mol. The van der Waals surface area contributed by atoms with E-state index in [1.54, 1.807) is 30.3 Å². The lowest BCUT2D eigenvalue weighted by Gasteiger charge is -2.10. The third-order valence-electron chi connectivity index (χ3n) is 2.80. The molecular weight excluding hydrogens is 304 g/mol. The summed E-state index contributed by atoms with van der Waals surface area (Å²) >= 11 is 5.90. The maximum atomic E-state index is 11.9. The lowest BCUT2D eigenvalue weighted by molar-refractivity contribution is -0.118. The van der Waals surface area contributed by atoms with Crippen LogP contribution in [-0.2, 0) is 4.79 Å². The highest BCUT2D eigenvalue weighted by atomic mass is 35.5. The first-order valence-corrected chi connectivity index (χ1v) is 6.77. The van der Waals surface area contributed by atoms with Crippen molar-refractivity contribution < 1.29 is 14.3 Å². The van der Waals surface area contributed by atoms with Gasteiger partial charge in [0.15, 0.2) is 18.1 Å². The van der Waals surface area contributed by atoms with Crippen LogP contribution in [0.4, 0.5) is 5.69 Å². The Morgan fingerprint density at radius 2 is 2.00 bits per heavy atom. The van der Waals surface area contributed by atoms with E-state index in [1.807, 2.05) is 12.1 Å². The number of nitrogens with zero attached hydrogens (tertiary/aromatic N) is 1. The molecule has 1 amide bonds. The molecule has 1 N–H and O–H groups in total. The summed E-state index contributed by atoms with van der Waals surface area (Å²) in [6, 6.07) is 13.7. The van der Waals surface area contributed by atoms with Crippen molar-refractivity contribution in [3.05, 3.63) is 53.1 Å². The van der Waals surface area contributed by atoms with E-state index in [2.05, 4.69) is 5.32 Å². The van der Waals surface area contributed by atoms with Gasteiger partial charge in [-0.15, -0.1) is 0 Å². The molecule has 0 spiro atoms. The Morgan fingerprint density at radius 3 is 2.64 bits per heavy atom. The lowest BCUT2D eigenvalue weighted by Crippen LogP contribution is -2.20. The molecule has 22 heavy (non-hydrogen) atoms. The largest absolute Gasteiger partial charge is 0.493 e. The Kier molecular flexibility index (Phi) is 5.23. The average molecular weight is 317 g/mol.